The van der Waals surface area contributed by atoms with E-state index in [1.165, 1.54) is 11.1 Å². The molecule has 1 fully saturated rings. The smallest absolute Gasteiger partial charge is 0.237 e. The Morgan fingerprint density at radius 3 is 3.05 bits per heavy atom. The van der Waals surface area contributed by atoms with E-state index in [2.05, 4.69) is 27.5 Å². The molecule has 0 aliphatic carbocycles. The maximum absolute atomic E-state index is 12.1. The lowest BCUT2D eigenvalue weighted by atomic mass is 9.97. The average molecular weight is 323 g/mol. The molecule has 1 amide bonds. The van der Waals surface area contributed by atoms with Crippen molar-refractivity contribution in [2.45, 2.75) is 19.3 Å². The largest absolute Gasteiger partial charge is 0.319 e. The number of ketones is 1. The molecule has 2 rings (SSSR count). The molecular formula is C14H15BrN2O2. The van der Waals surface area contributed by atoms with Crippen molar-refractivity contribution in [1.29, 1.82) is 0 Å². The minimum atomic E-state index is -0.487. The molecular weight excluding hydrogens is 308 g/mol. The standard InChI is InChI=1S/C14H15BrN2O2/c1-2-17-8-6-11(14(17)19)13(18)4-3-10-5-7-16-9-12(10)15/h2,5,7,9,11H,1,3-4,6,8H2. The molecule has 1 unspecified atom stereocenters. The molecule has 0 radical (unpaired) electrons. The molecule has 0 aromatic carbocycles. The summed E-state index contributed by atoms with van der Waals surface area (Å²) in [5, 5.41) is 0. The van der Waals surface area contributed by atoms with Crippen LogP contribution < -0.4 is 0 Å². The third-order valence-corrected chi connectivity index (χ3v) is 4.06. The monoisotopic (exact) mass is 322 g/mol. The predicted molar refractivity (Wildman–Crippen MR) is 75.3 cm³/mol. The fraction of sp³-hybridized carbons (Fsp3) is 0.357. The molecule has 100 valence electrons. The SMILES string of the molecule is C=CN1CCC(C(=O)CCc2ccncc2Br)C1=O. The highest BCUT2D eigenvalue weighted by Crippen LogP contribution is 2.22. The molecule has 1 aliphatic heterocycles. The van der Waals surface area contributed by atoms with Crippen LogP contribution in [0.2, 0.25) is 0 Å². The van der Waals surface area contributed by atoms with Crippen LogP contribution in [0.4, 0.5) is 0 Å². The Hall–Kier alpha value is -1.49. The summed E-state index contributed by atoms with van der Waals surface area (Å²) in [4.78, 5) is 29.5. The summed E-state index contributed by atoms with van der Waals surface area (Å²) in [6.45, 7) is 4.17. The summed E-state index contributed by atoms with van der Waals surface area (Å²) in [5.74, 6) is -0.592. The lowest BCUT2D eigenvalue weighted by Crippen LogP contribution is -2.26. The molecule has 1 aliphatic rings. The molecule has 5 heteroatoms. The summed E-state index contributed by atoms with van der Waals surface area (Å²) >= 11 is 3.40. The van der Waals surface area contributed by atoms with Gasteiger partial charge in [-0.3, -0.25) is 14.6 Å². The van der Waals surface area contributed by atoms with Crippen molar-refractivity contribution in [2.75, 3.05) is 6.54 Å². The van der Waals surface area contributed by atoms with Crippen LogP contribution in [-0.2, 0) is 16.0 Å². The summed E-state index contributed by atoms with van der Waals surface area (Å²) in [6, 6.07) is 1.88. The first-order valence-corrected chi connectivity index (χ1v) is 6.97. The van der Waals surface area contributed by atoms with Gasteiger partial charge in [0, 0.05) is 29.8 Å². The fourth-order valence-electron chi connectivity index (χ4n) is 2.22. The van der Waals surface area contributed by atoms with E-state index < -0.39 is 5.92 Å². The molecule has 1 aromatic heterocycles. The first-order chi connectivity index (χ1) is 9.13. The highest BCUT2D eigenvalue weighted by molar-refractivity contribution is 9.10. The molecule has 19 heavy (non-hydrogen) atoms. The summed E-state index contributed by atoms with van der Waals surface area (Å²) < 4.78 is 0.897. The van der Waals surface area contributed by atoms with E-state index in [0.29, 0.717) is 25.8 Å². The Labute approximate surface area is 120 Å². The lowest BCUT2D eigenvalue weighted by molar-refractivity contribution is -0.135. The van der Waals surface area contributed by atoms with Crippen LogP contribution >= 0.6 is 15.9 Å². The lowest BCUT2D eigenvalue weighted by Gasteiger charge is -2.10. The highest BCUT2D eigenvalue weighted by Gasteiger charge is 2.34. The summed E-state index contributed by atoms with van der Waals surface area (Å²) in [6.07, 6.45) is 6.50. The van der Waals surface area contributed by atoms with Crippen LogP contribution in [0.3, 0.4) is 0 Å². The predicted octanol–water partition coefficient (Wildman–Crippen LogP) is 2.34. The van der Waals surface area contributed by atoms with E-state index in [0.717, 1.165) is 10.0 Å². The van der Waals surface area contributed by atoms with Crippen LogP contribution in [0.1, 0.15) is 18.4 Å². The number of aryl methyl sites for hydroxylation is 1. The Morgan fingerprint density at radius 2 is 2.42 bits per heavy atom. The van der Waals surface area contributed by atoms with E-state index in [-0.39, 0.29) is 11.7 Å². The maximum atomic E-state index is 12.1. The second-order valence-corrected chi connectivity index (χ2v) is 5.34. The van der Waals surface area contributed by atoms with Crippen molar-refractivity contribution in [2.24, 2.45) is 5.92 Å². The van der Waals surface area contributed by atoms with Gasteiger partial charge >= 0.3 is 0 Å². The molecule has 0 N–H and O–H groups in total. The molecule has 1 saturated heterocycles. The number of aromatic nitrogens is 1. The third kappa shape index (κ3) is 3.10. The number of likely N-dealkylation sites (tertiary alicyclic amines) is 1. The van der Waals surface area contributed by atoms with Crippen LogP contribution in [0.15, 0.2) is 35.7 Å². The van der Waals surface area contributed by atoms with Crippen LogP contribution in [0.5, 0.6) is 0 Å². The molecule has 0 bridgehead atoms. The van der Waals surface area contributed by atoms with Gasteiger partial charge in [0.15, 0.2) is 0 Å². The molecule has 4 nitrogen and oxygen atoms in total. The number of hydrogen-bond acceptors (Lipinski definition) is 3. The van der Waals surface area contributed by atoms with Crippen molar-refractivity contribution < 1.29 is 9.59 Å². The summed E-state index contributed by atoms with van der Waals surface area (Å²) in [5.41, 5.74) is 1.04. The number of carbonyl (C=O) groups excluding carboxylic acids is 2. The Kier molecular flexibility index (Phi) is 4.47. The van der Waals surface area contributed by atoms with Crippen LogP contribution in [0.25, 0.3) is 0 Å². The second kappa shape index (κ2) is 6.10. The quantitative estimate of drug-likeness (QED) is 0.782. The van der Waals surface area contributed by atoms with Crippen molar-refractivity contribution in [3.05, 3.63) is 41.3 Å². The van der Waals surface area contributed by atoms with Crippen molar-refractivity contribution in [3.63, 3.8) is 0 Å². The van der Waals surface area contributed by atoms with E-state index >= 15 is 0 Å². The van der Waals surface area contributed by atoms with Gasteiger partial charge in [0.2, 0.25) is 5.91 Å². The maximum Gasteiger partial charge on any atom is 0.237 e. The number of pyridine rings is 1. The van der Waals surface area contributed by atoms with Gasteiger partial charge in [-0.15, -0.1) is 0 Å². The molecule has 1 atom stereocenters. The Morgan fingerprint density at radius 1 is 1.63 bits per heavy atom. The van der Waals surface area contributed by atoms with Crippen molar-refractivity contribution in [1.82, 2.24) is 9.88 Å². The Bertz CT molecular complexity index is 516. The minimum Gasteiger partial charge on any atom is -0.319 e. The number of carbonyl (C=O) groups is 2. The molecule has 1 aromatic rings. The highest BCUT2D eigenvalue weighted by atomic mass is 79.9. The molecule has 0 saturated carbocycles. The zero-order valence-corrected chi connectivity index (χ0v) is 12.1. The van der Waals surface area contributed by atoms with Gasteiger partial charge in [-0.05, 0) is 46.6 Å². The second-order valence-electron chi connectivity index (χ2n) is 4.49. The number of rotatable bonds is 5. The topological polar surface area (TPSA) is 50.3 Å². The van der Waals surface area contributed by atoms with Gasteiger partial charge in [0.1, 0.15) is 5.78 Å². The van der Waals surface area contributed by atoms with E-state index in [9.17, 15) is 9.59 Å². The van der Waals surface area contributed by atoms with Gasteiger partial charge in [-0.2, -0.15) is 0 Å². The third-order valence-electron chi connectivity index (χ3n) is 3.35. The van der Waals surface area contributed by atoms with Crippen molar-refractivity contribution >= 4 is 27.6 Å². The van der Waals surface area contributed by atoms with Crippen LogP contribution in [-0.4, -0.2) is 28.1 Å². The minimum absolute atomic E-state index is 0.0121. The van der Waals surface area contributed by atoms with E-state index in [1.54, 1.807) is 12.4 Å². The fourth-order valence-corrected chi connectivity index (χ4v) is 2.67. The van der Waals surface area contributed by atoms with Gasteiger partial charge < -0.3 is 4.90 Å². The first-order valence-electron chi connectivity index (χ1n) is 6.17. The van der Waals surface area contributed by atoms with E-state index in [1.807, 2.05) is 6.07 Å². The number of hydrogen-bond donors (Lipinski definition) is 0. The van der Waals surface area contributed by atoms with Crippen LogP contribution in [0, 0.1) is 5.92 Å². The normalized spacial score (nSPS) is 18.7. The molecule has 0 spiro atoms. The Balaban J connectivity index is 1.94. The van der Waals surface area contributed by atoms with Gasteiger partial charge in [-0.25, -0.2) is 0 Å². The molecule has 2 heterocycles. The summed E-state index contributed by atoms with van der Waals surface area (Å²) in [7, 11) is 0. The number of amides is 1. The van der Waals surface area contributed by atoms with Crippen molar-refractivity contribution in [3.8, 4) is 0 Å². The van der Waals surface area contributed by atoms with E-state index in [4.69, 9.17) is 0 Å². The van der Waals surface area contributed by atoms with Gasteiger partial charge in [-0.1, -0.05) is 6.58 Å². The number of nitrogens with zero attached hydrogens (tertiary/aromatic N) is 2. The number of Topliss-reactive ketones (excluding diaryl/α,β-unsaturated/α-hetero) is 1. The van der Waals surface area contributed by atoms with Gasteiger partial charge in [0.25, 0.3) is 0 Å². The zero-order chi connectivity index (χ0) is 13.8. The number of halogens is 1. The average Bonchev–Trinajstić information content (AvgIpc) is 2.78. The first kappa shape index (κ1) is 13.9. The zero-order valence-electron chi connectivity index (χ0n) is 10.5. The van der Waals surface area contributed by atoms with Gasteiger partial charge in [0.05, 0.1) is 5.92 Å².